The van der Waals surface area contributed by atoms with Crippen LogP contribution in [-0.2, 0) is 28.9 Å². The lowest BCUT2D eigenvalue weighted by molar-refractivity contribution is -0.120. The van der Waals surface area contributed by atoms with Crippen LogP contribution in [0, 0.1) is 0 Å². The zero-order valence-electron chi connectivity index (χ0n) is 14.8. The van der Waals surface area contributed by atoms with Crippen LogP contribution in [0.5, 0.6) is 0 Å². The van der Waals surface area contributed by atoms with E-state index in [1.165, 1.54) is 5.56 Å². The lowest BCUT2D eigenvalue weighted by Crippen LogP contribution is -2.19. The molecule has 0 aliphatic carbocycles. The number of amides is 1. The van der Waals surface area contributed by atoms with Crippen molar-refractivity contribution in [2.75, 3.05) is 20.3 Å². The molecule has 6 nitrogen and oxygen atoms in total. The van der Waals surface area contributed by atoms with Crippen molar-refractivity contribution in [1.29, 1.82) is 0 Å². The molecule has 1 aromatic heterocycles. The number of aryl methyl sites for hydroxylation is 3. The quantitative estimate of drug-likeness (QED) is 0.836. The van der Waals surface area contributed by atoms with Gasteiger partial charge in [-0.05, 0) is 24.8 Å². The second-order valence-electron chi connectivity index (χ2n) is 6.40. The molecule has 25 heavy (non-hydrogen) atoms. The molecule has 1 amide bonds. The van der Waals surface area contributed by atoms with E-state index >= 15 is 0 Å². The maximum absolute atomic E-state index is 11.6. The topological polar surface area (TPSA) is 69.0 Å². The third-order valence-corrected chi connectivity index (χ3v) is 4.66. The highest BCUT2D eigenvalue weighted by atomic mass is 16.5. The molecule has 0 atom stereocenters. The van der Waals surface area contributed by atoms with Gasteiger partial charge < -0.3 is 10.1 Å². The molecule has 1 aliphatic heterocycles. The third kappa shape index (κ3) is 4.89. The van der Waals surface area contributed by atoms with E-state index in [1.54, 1.807) is 7.05 Å². The van der Waals surface area contributed by atoms with Crippen molar-refractivity contribution in [3.8, 4) is 0 Å². The number of rotatable bonds is 7. The molecule has 0 saturated carbocycles. The Balaban J connectivity index is 1.72. The Hall–Kier alpha value is -2.21. The van der Waals surface area contributed by atoms with Gasteiger partial charge in [0, 0.05) is 45.6 Å². The number of hydrogen-bond donors (Lipinski definition) is 1. The average molecular weight is 342 g/mol. The molecule has 1 saturated heterocycles. The molecular formula is C19H26N4O2. The summed E-state index contributed by atoms with van der Waals surface area (Å²) in [5.74, 6) is 2.21. The number of carbonyl (C=O) groups is 1. The molecule has 1 aliphatic rings. The minimum Gasteiger partial charge on any atom is -0.381 e. The fourth-order valence-corrected chi connectivity index (χ4v) is 3.12. The summed E-state index contributed by atoms with van der Waals surface area (Å²) in [6.07, 6.45) is 3.90. The van der Waals surface area contributed by atoms with Crippen LogP contribution in [0.1, 0.15) is 42.4 Å². The first-order chi connectivity index (χ1) is 12.3. The summed E-state index contributed by atoms with van der Waals surface area (Å²) in [6.45, 7) is 2.33. The Labute approximate surface area is 148 Å². The van der Waals surface area contributed by atoms with Crippen LogP contribution in [0.4, 0.5) is 0 Å². The number of aromatic nitrogens is 3. The van der Waals surface area contributed by atoms with Gasteiger partial charge in [-0.1, -0.05) is 30.3 Å². The van der Waals surface area contributed by atoms with Gasteiger partial charge >= 0.3 is 0 Å². The Morgan fingerprint density at radius 1 is 1.24 bits per heavy atom. The molecule has 1 fully saturated rings. The largest absolute Gasteiger partial charge is 0.381 e. The van der Waals surface area contributed by atoms with Crippen molar-refractivity contribution in [2.45, 2.75) is 44.6 Å². The predicted molar refractivity (Wildman–Crippen MR) is 95.3 cm³/mol. The van der Waals surface area contributed by atoms with Crippen molar-refractivity contribution in [2.24, 2.45) is 0 Å². The van der Waals surface area contributed by atoms with E-state index in [0.717, 1.165) is 50.7 Å². The van der Waals surface area contributed by atoms with Crippen molar-refractivity contribution in [3.05, 3.63) is 47.5 Å². The van der Waals surface area contributed by atoms with Crippen LogP contribution in [0.3, 0.4) is 0 Å². The molecular weight excluding hydrogens is 316 g/mol. The molecule has 1 aromatic carbocycles. The molecule has 1 N–H and O–H groups in total. The van der Waals surface area contributed by atoms with E-state index in [9.17, 15) is 4.79 Å². The standard InChI is InChI=1S/C19H26N4O2/c1-20-18(24)8-7-17-21-19(16-10-13-25-14-11-16)22-23(17)12-9-15-5-3-2-4-6-15/h2-6,16H,7-14H2,1H3,(H,20,24). The summed E-state index contributed by atoms with van der Waals surface area (Å²) in [5.41, 5.74) is 1.28. The second kappa shape index (κ2) is 8.76. The Kier molecular flexibility index (Phi) is 6.17. The van der Waals surface area contributed by atoms with Crippen LogP contribution in [0.15, 0.2) is 30.3 Å². The number of benzene rings is 1. The predicted octanol–water partition coefficient (Wildman–Crippen LogP) is 2.09. The lowest BCUT2D eigenvalue weighted by Gasteiger charge is -2.18. The second-order valence-corrected chi connectivity index (χ2v) is 6.40. The van der Waals surface area contributed by atoms with Crippen molar-refractivity contribution < 1.29 is 9.53 Å². The SMILES string of the molecule is CNC(=O)CCc1nc(C2CCOCC2)nn1CCc1ccccc1. The smallest absolute Gasteiger partial charge is 0.220 e. The molecule has 0 radical (unpaired) electrons. The number of ether oxygens (including phenoxy) is 1. The molecule has 2 aromatic rings. The Morgan fingerprint density at radius 3 is 2.72 bits per heavy atom. The van der Waals surface area contributed by atoms with Gasteiger partial charge in [0.1, 0.15) is 5.82 Å². The van der Waals surface area contributed by atoms with Crippen molar-refractivity contribution in [3.63, 3.8) is 0 Å². The molecule has 0 bridgehead atoms. The third-order valence-electron chi connectivity index (χ3n) is 4.66. The van der Waals surface area contributed by atoms with Gasteiger partial charge in [0.25, 0.3) is 0 Å². The van der Waals surface area contributed by atoms with Crippen LogP contribution >= 0.6 is 0 Å². The highest BCUT2D eigenvalue weighted by molar-refractivity contribution is 5.75. The van der Waals surface area contributed by atoms with Gasteiger partial charge in [-0.2, -0.15) is 5.10 Å². The number of nitrogens with zero attached hydrogens (tertiary/aromatic N) is 3. The van der Waals surface area contributed by atoms with Gasteiger partial charge in [-0.25, -0.2) is 9.67 Å². The van der Waals surface area contributed by atoms with Gasteiger partial charge in [-0.15, -0.1) is 0 Å². The number of hydrogen-bond acceptors (Lipinski definition) is 4. The van der Waals surface area contributed by atoms with Crippen molar-refractivity contribution in [1.82, 2.24) is 20.1 Å². The van der Waals surface area contributed by atoms with Crippen LogP contribution in [0.2, 0.25) is 0 Å². The number of carbonyl (C=O) groups excluding carboxylic acids is 1. The molecule has 2 heterocycles. The normalized spacial score (nSPS) is 15.2. The summed E-state index contributed by atoms with van der Waals surface area (Å²) in [6, 6.07) is 10.4. The fourth-order valence-electron chi connectivity index (χ4n) is 3.12. The van der Waals surface area contributed by atoms with Gasteiger partial charge in [0.05, 0.1) is 0 Å². The molecule has 134 valence electrons. The first-order valence-corrected chi connectivity index (χ1v) is 9.02. The van der Waals surface area contributed by atoms with E-state index in [1.807, 2.05) is 10.7 Å². The number of nitrogens with one attached hydrogen (secondary N) is 1. The molecule has 0 spiro atoms. The summed E-state index contributed by atoms with van der Waals surface area (Å²) in [5, 5.41) is 7.44. The van der Waals surface area contributed by atoms with E-state index in [4.69, 9.17) is 14.8 Å². The summed E-state index contributed by atoms with van der Waals surface area (Å²) in [4.78, 5) is 16.4. The van der Waals surface area contributed by atoms with Crippen LogP contribution < -0.4 is 5.32 Å². The zero-order valence-corrected chi connectivity index (χ0v) is 14.8. The summed E-state index contributed by atoms with van der Waals surface area (Å²) in [7, 11) is 1.66. The van der Waals surface area contributed by atoms with Gasteiger partial charge in [0.2, 0.25) is 5.91 Å². The van der Waals surface area contributed by atoms with E-state index in [2.05, 4.69) is 29.6 Å². The van der Waals surface area contributed by atoms with Crippen LogP contribution in [-0.4, -0.2) is 40.9 Å². The highest BCUT2D eigenvalue weighted by Crippen LogP contribution is 2.24. The minimum atomic E-state index is 0.0326. The maximum atomic E-state index is 11.6. The first-order valence-electron chi connectivity index (χ1n) is 9.02. The molecule has 3 rings (SSSR count). The Bertz CT molecular complexity index is 678. The maximum Gasteiger partial charge on any atom is 0.220 e. The first kappa shape index (κ1) is 17.6. The Morgan fingerprint density at radius 2 is 2.00 bits per heavy atom. The van der Waals surface area contributed by atoms with Gasteiger partial charge in [-0.3, -0.25) is 4.79 Å². The average Bonchev–Trinajstić information content (AvgIpc) is 3.09. The summed E-state index contributed by atoms with van der Waals surface area (Å²) >= 11 is 0. The summed E-state index contributed by atoms with van der Waals surface area (Å²) < 4.78 is 7.43. The lowest BCUT2D eigenvalue weighted by atomic mass is 10.00. The zero-order chi connectivity index (χ0) is 17.5. The van der Waals surface area contributed by atoms with Gasteiger partial charge in [0.15, 0.2) is 5.82 Å². The van der Waals surface area contributed by atoms with E-state index < -0.39 is 0 Å². The van der Waals surface area contributed by atoms with Crippen LogP contribution in [0.25, 0.3) is 0 Å². The van der Waals surface area contributed by atoms with E-state index in [0.29, 0.717) is 18.8 Å². The highest BCUT2D eigenvalue weighted by Gasteiger charge is 2.22. The molecule has 0 unspecified atom stereocenters. The minimum absolute atomic E-state index is 0.0326. The fraction of sp³-hybridized carbons (Fsp3) is 0.526. The monoisotopic (exact) mass is 342 g/mol. The van der Waals surface area contributed by atoms with Crippen molar-refractivity contribution >= 4 is 5.91 Å². The van der Waals surface area contributed by atoms with E-state index in [-0.39, 0.29) is 5.91 Å². The molecule has 6 heteroatoms.